The van der Waals surface area contributed by atoms with Gasteiger partial charge in [0.15, 0.2) is 0 Å². The molecule has 0 saturated carbocycles. The minimum absolute atomic E-state index is 0.0767. The van der Waals surface area contributed by atoms with Crippen LogP contribution < -0.4 is 5.32 Å². The summed E-state index contributed by atoms with van der Waals surface area (Å²) in [4.78, 5) is 24.0. The standard InChI is InChI=1S/C26H25NO5S/c28-25(29)24(16-33-17-31-14-18-8-2-1-3-9-18)27-26(30)32-15-23-21-12-6-4-10-19(21)20-11-5-7-13-22(20)23/h1-13,23-24H,14-17H2,(H,27,30)(H,28,29). The molecular weight excluding hydrogens is 438 g/mol. The molecule has 1 atom stereocenters. The van der Waals surface area contributed by atoms with Crippen LogP contribution in [0, 0.1) is 0 Å². The van der Waals surface area contributed by atoms with Gasteiger partial charge in [-0.2, -0.15) is 0 Å². The molecule has 7 heteroatoms. The van der Waals surface area contributed by atoms with Crippen LogP contribution in [0.1, 0.15) is 22.6 Å². The van der Waals surface area contributed by atoms with Crippen molar-refractivity contribution >= 4 is 23.8 Å². The fraction of sp³-hybridized carbons (Fsp3) is 0.231. The molecule has 0 aliphatic heterocycles. The molecule has 33 heavy (non-hydrogen) atoms. The largest absolute Gasteiger partial charge is 0.480 e. The van der Waals surface area contributed by atoms with E-state index in [1.165, 1.54) is 11.8 Å². The second kappa shape index (κ2) is 11.0. The minimum Gasteiger partial charge on any atom is -0.480 e. The Hall–Kier alpha value is -3.29. The highest BCUT2D eigenvalue weighted by molar-refractivity contribution is 7.99. The van der Waals surface area contributed by atoms with Crippen molar-refractivity contribution in [3.05, 3.63) is 95.6 Å². The summed E-state index contributed by atoms with van der Waals surface area (Å²) in [6.07, 6.45) is -0.741. The molecule has 0 saturated heterocycles. The van der Waals surface area contributed by atoms with Crippen LogP contribution in [0.5, 0.6) is 0 Å². The molecule has 0 spiro atoms. The summed E-state index contributed by atoms with van der Waals surface area (Å²) in [7, 11) is 0. The van der Waals surface area contributed by atoms with Crippen LogP contribution in [0.2, 0.25) is 0 Å². The number of carboxylic acids is 1. The zero-order chi connectivity index (χ0) is 23.0. The maximum atomic E-state index is 12.4. The number of thioether (sulfide) groups is 1. The molecule has 1 unspecified atom stereocenters. The average Bonchev–Trinajstić information content (AvgIpc) is 3.16. The third kappa shape index (κ3) is 5.74. The summed E-state index contributed by atoms with van der Waals surface area (Å²) >= 11 is 1.30. The van der Waals surface area contributed by atoms with Crippen molar-refractivity contribution in [2.45, 2.75) is 18.6 Å². The highest BCUT2D eigenvalue weighted by Crippen LogP contribution is 2.44. The predicted molar refractivity (Wildman–Crippen MR) is 128 cm³/mol. The van der Waals surface area contributed by atoms with E-state index >= 15 is 0 Å². The lowest BCUT2D eigenvalue weighted by molar-refractivity contribution is -0.138. The Labute approximate surface area is 196 Å². The van der Waals surface area contributed by atoms with E-state index in [4.69, 9.17) is 9.47 Å². The van der Waals surface area contributed by atoms with E-state index in [9.17, 15) is 14.7 Å². The number of hydrogen-bond donors (Lipinski definition) is 2. The van der Waals surface area contributed by atoms with Crippen molar-refractivity contribution in [1.82, 2.24) is 5.32 Å². The van der Waals surface area contributed by atoms with E-state index in [0.717, 1.165) is 27.8 Å². The quantitative estimate of drug-likeness (QED) is 0.329. The Kier molecular flexibility index (Phi) is 7.65. The van der Waals surface area contributed by atoms with Gasteiger partial charge in [-0.25, -0.2) is 9.59 Å². The number of ether oxygens (including phenoxy) is 2. The third-order valence-corrected chi connectivity index (χ3v) is 6.40. The first-order chi connectivity index (χ1) is 16.1. The molecule has 3 aromatic carbocycles. The molecular formula is C26H25NO5S. The van der Waals surface area contributed by atoms with Gasteiger partial charge in [-0.1, -0.05) is 78.9 Å². The fourth-order valence-corrected chi connectivity index (χ4v) is 4.67. The second-order valence-corrected chi connectivity index (χ2v) is 8.66. The van der Waals surface area contributed by atoms with Gasteiger partial charge in [0, 0.05) is 11.7 Å². The highest BCUT2D eigenvalue weighted by atomic mass is 32.2. The summed E-state index contributed by atoms with van der Waals surface area (Å²) in [6.45, 7) is 0.588. The first kappa shape index (κ1) is 22.9. The van der Waals surface area contributed by atoms with Gasteiger partial charge < -0.3 is 19.9 Å². The second-order valence-electron chi connectivity index (χ2n) is 7.68. The first-order valence-electron chi connectivity index (χ1n) is 10.7. The number of benzene rings is 3. The van der Waals surface area contributed by atoms with Gasteiger partial charge in [-0.3, -0.25) is 0 Å². The van der Waals surface area contributed by atoms with E-state index in [1.54, 1.807) is 0 Å². The number of carbonyl (C=O) groups is 2. The smallest absolute Gasteiger partial charge is 0.407 e. The van der Waals surface area contributed by atoms with Crippen LogP contribution in [-0.2, 0) is 20.9 Å². The number of alkyl carbamates (subject to hydrolysis) is 1. The number of nitrogens with one attached hydrogen (secondary N) is 1. The van der Waals surface area contributed by atoms with Gasteiger partial charge in [-0.15, -0.1) is 11.8 Å². The molecule has 1 aliphatic rings. The van der Waals surface area contributed by atoms with Crippen LogP contribution in [0.25, 0.3) is 11.1 Å². The number of carbonyl (C=O) groups excluding carboxylic acids is 1. The maximum Gasteiger partial charge on any atom is 0.407 e. The SMILES string of the molecule is O=C(NC(CSCOCc1ccccc1)C(=O)O)OCC1c2ccccc2-c2ccccc21. The van der Waals surface area contributed by atoms with Gasteiger partial charge in [0.2, 0.25) is 0 Å². The zero-order valence-corrected chi connectivity index (χ0v) is 18.8. The van der Waals surface area contributed by atoms with Crippen molar-refractivity contribution in [2.24, 2.45) is 0 Å². The summed E-state index contributed by atoms with van der Waals surface area (Å²) in [5, 5.41) is 11.9. The molecule has 1 amide bonds. The maximum absolute atomic E-state index is 12.4. The Balaban J connectivity index is 1.26. The number of fused-ring (bicyclic) bond motifs is 3. The van der Waals surface area contributed by atoms with E-state index < -0.39 is 18.1 Å². The van der Waals surface area contributed by atoms with Crippen LogP contribution in [0.3, 0.4) is 0 Å². The Morgan fingerprint density at radius 1 is 0.909 bits per heavy atom. The summed E-state index contributed by atoms with van der Waals surface area (Å²) in [5.74, 6) is -0.689. The molecule has 1 aliphatic carbocycles. The van der Waals surface area contributed by atoms with Gasteiger partial charge in [0.05, 0.1) is 12.5 Å². The molecule has 0 aromatic heterocycles. The van der Waals surface area contributed by atoms with Gasteiger partial charge in [0.1, 0.15) is 12.6 Å². The Morgan fingerprint density at radius 2 is 1.52 bits per heavy atom. The van der Waals surface area contributed by atoms with Gasteiger partial charge >= 0.3 is 12.1 Å². The molecule has 170 valence electrons. The summed E-state index contributed by atoms with van der Waals surface area (Å²) < 4.78 is 11.0. The molecule has 4 rings (SSSR count). The molecule has 0 fully saturated rings. The Bertz CT molecular complexity index is 1060. The number of rotatable bonds is 10. The molecule has 0 heterocycles. The van der Waals surface area contributed by atoms with Crippen molar-refractivity contribution in [3.63, 3.8) is 0 Å². The lowest BCUT2D eigenvalue weighted by atomic mass is 9.98. The van der Waals surface area contributed by atoms with Crippen LogP contribution >= 0.6 is 11.8 Å². The van der Waals surface area contributed by atoms with Crippen molar-refractivity contribution in [2.75, 3.05) is 18.3 Å². The fourth-order valence-electron chi connectivity index (χ4n) is 3.92. The third-order valence-electron chi connectivity index (χ3n) is 5.50. The molecule has 0 radical (unpaired) electrons. The summed E-state index contributed by atoms with van der Waals surface area (Å²) in [5.41, 5.74) is 5.53. The summed E-state index contributed by atoms with van der Waals surface area (Å²) in [6, 6.07) is 24.8. The van der Waals surface area contributed by atoms with Gasteiger partial charge in [0.25, 0.3) is 0 Å². The first-order valence-corrected chi connectivity index (χ1v) is 11.8. The topological polar surface area (TPSA) is 84.9 Å². The monoisotopic (exact) mass is 463 g/mol. The molecule has 6 nitrogen and oxygen atoms in total. The van der Waals surface area contributed by atoms with Crippen LogP contribution in [-0.4, -0.2) is 41.5 Å². The molecule has 2 N–H and O–H groups in total. The zero-order valence-electron chi connectivity index (χ0n) is 18.0. The van der Waals surface area contributed by atoms with Crippen molar-refractivity contribution in [3.8, 4) is 11.1 Å². The average molecular weight is 464 g/mol. The van der Waals surface area contributed by atoms with E-state index in [0.29, 0.717) is 12.5 Å². The number of amides is 1. The highest BCUT2D eigenvalue weighted by Gasteiger charge is 2.29. The lowest BCUT2D eigenvalue weighted by Gasteiger charge is -2.17. The molecule has 0 bridgehead atoms. The predicted octanol–water partition coefficient (Wildman–Crippen LogP) is 4.89. The number of hydrogen-bond acceptors (Lipinski definition) is 5. The number of carboxylic acid groups (broad SMARTS) is 1. The van der Waals surface area contributed by atoms with E-state index in [1.807, 2.05) is 66.7 Å². The van der Waals surface area contributed by atoms with E-state index in [2.05, 4.69) is 17.4 Å². The minimum atomic E-state index is -1.11. The normalized spacial score (nSPS) is 13.1. The van der Waals surface area contributed by atoms with Gasteiger partial charge in [-0.05, 0) is 27.8 Å². The molecule has 3 aromatic rings. The lowest BCUT2D eigenvalue weighted by Crippen LogP contribution is -2.43. The Morgan fingerprint density at radius 3 is 2.15 bits per heavy atom. The van der Waals surface area contributed by atoms with Crippen LogP contribution in [0.4, 0.5) is 4.79 Å². The van der Waals surface area contributed by atoms with E-state index in [-0.39, 0.29) is 18.3 Å². The van der Waals surface area contributed by atoms with Crippen LogP contribution in [0.15, 0.2) is 78.9 Å². The van der Waals surface area contributed by atoms with Crippen molar-refractivity contribution in [1.29, 1.82) is 0 Å². The number of aliphatic carboxylic acids is 1. The van der Waals surface area contributed by atoms with Crippen molar-refractivity contribution < 1.29 is 24.2 Å².